The number of anilines is 2. The first-order chi connectivity index (χ1) is 15.0. The van der Waals surface area contributed by atoms with Gasteiger partial charge in [-0.15, -0.1) is 10.2 Å². The Kier molecular flexibility index (Phi) is 7.66. The standard InChI is InChI=1S/C21H21N5O4S/c1-2-30-18(27)12-14-8-10-16(11-9-14)24-21(29)22-13-17-25-26-20(31-17)19(28)23-15-6-4-3-5-7-15/h3-11H,2,12-13H2,1H3,(H,23,28)(H2,22,24,29). The summed E-state index contributed by atoms with van der Waals surface area (Å²) in [6, 6.07) is 15.5. The minimum atomic E-state index is -0.427. The van der Waals surface area contributed by atoms with E-state index in [4.69, 9.17) is 4.74 Å². The molecule has 0 aliphatic rings. The molecule has 0 saturated heterocycles. The van der Waals surface area contributed by atoms with E-state index in [-0.39, 0.29) is 29.8 Å². The van der Waals surface area contributed by atoms with Gasteiger partial charge in [-0.1, -0.05) is 41.7 Å². The number of ether oxygens (including phenoxy) is 1. The van der Waals surface area contributed by atoms with Crippen LogP contribution in [0, 0.1) is 0 Å². The largest absolute Gasteiger partial charge is 0.466 e. The number of hydrogen-bond donors (Lipinski definition) is 3. The van der Waals surface area contributed by atoms with E-state index in [1.54, 1.807) is 43.3 Å². The van der Waals surface area contributed by atoms with Crippen LogP contribution in [0.4, 0.5) is 16.2 Å². The number of carbonyl (C=O) groups is 3. The van der Waals surface area contributed by atoms with E-state index in [2.05, 4.69) is 26.1 Å². The summed E-state index contributed by atoms with van der Waals surface area (Å²) >= 11 is 1.10. The van der Waals surface area contributed by atoms with E-state index in [1.165, 1.54) is 0 Å². The van der Waals surface area contributed by atoms with Gasteiger partial charge < -0.3 is 20.7 Å². The summed E-state index contributed by atoms with van der Waals surface area (Å²) in [5, 5.41) is 16.6. The predicted octanol–water partition coefficient (Wildman–Crippen LogP) is 3.22. The number of carbonyl (C=O) groups excluding carboxylic acids is 3. The second-order valence-electron chi connectivity index (χ2n) is 6.31. The van der Waals surface area contributed by atoms with Crippen molar-refractivity contribution in [2.24, 2.45) is 0 Å². The summed E-state index contributed by atoms with van der Waals surface area (Å²) in [4.78, 5) is 35.8. The molecule has 1 aromatic heterocycles. The van der Waals surface area contributed by atoms with Crippen LogP contribution < -0.4 is 16.0 Å². The number of rotatable bonds is 8. The van der Waals surface area contributed by atoms with Crippen molar-refractivity contribution in [2.45, 2.75) is 19.9 Å². The minimum absolute atomic E-state index is 0.128. The maximum atomic E-state index is 12.2. The van der Waals surface area contributed by atoms with Gasteiger partial charge in [-0.3, -0.25) is 9.59 Å². The van der Waals surface area contributed by atoms with E-state index in [0.717, 1.165) is 16.9 Å². The molecule has 2 aromatic carbocycles. The number of amides is 3. The number of urea groups is 1. The van der Waals surface area contributed by atoms with Crippen LogP contribution in [0.1, 0.15) is 27.3 Å². The third-order valence-corrected chi connectivity index (χ3v) is 4.88. The van der Waals surface area contributed by atoms with Gasteiger partial charge in [0, 0.05) is 11.4 Å². The molecule has 3 amide bonds. The zero-order valence-electron chi connectivity index (χ0n) is 16.8. The highest BCUT2D eigenvalue weighted by Gasteiger charge is 2.13. The first-order valence-electron chi connectivity index (χ1n) is 9.51. The van der Waals surface area contributed by atoms with Crippen molar-refractivity contribution in [3.8, 4) is 0 Å². The SMILES string of the molecule is CCOC(=O)Cc1ccc(NC(=O)NCc2nnc(C(=O)Nc3ccccc3)s2)cc1. The molecular weight excluding hydrogens is 418 g/mol. The first-order valence-corrected chi connectivity index (χ1v) is 10.3. The molecule has 0 atom stereocenters. The molecule has 0 aliphatic heterocycles. The van der Waals surface area contributed by atoms with Crippen molar-refractivity contribution < 1.29 is 19.1 Å². The number of aromatic nitrogens is 2. The lowest BCUT2D eigenvalue weighted by molar-refractivity contribution is -0.142. The van der Waals surface area contributed by atoms with Gasteiger partial charge in [0.25, 0.3) is 5.91 Å². The van der Waals surface area contributed by atoms with Crippen molar-refractivity contribution >= 4 is 40.6 Å². The number of esters is 1. The van der Waals surface area contributed by atoms with Crippen LogP contribution in [-0.2, 0) is 22.5 Å². The molecule has 0 aliphatic carbocycles. The van der Waals surface area contributed by atoms with Crippen molar-refractivity contribution in [3.63, 3.8) is 0 Å². The zero-order valence-corrected chi connectivity index (χ0v) is 17.6. The van der Waals surface area contributed by atoms with E-state index in [9.17, 15) is 14.4 Å². The molecule has 0 radical (unpaired) electrons. The molecule has 10 heteroatoms. The van der Waals surface area contributed by atoms with Gasteiger partial charge >= 0.3 is 12.0 Å². The summed E-state index contributed by atoms with van der Waals surface area (Å²) in [5.41, 5.74) is 2.03. The summed E-state index contributed by atoms with van der Waals surface area (Å²) in [7, 11) is 0. The third kappa shape index (κ3) is 6.89. The van der Waals surface area contributed by atoms with E-state index < -0.39 is 6.03 Å². The first kappa shape index (κ1) is 21.9. The molecule has 0 bridgehead atoms. The summed E-state index contributed by atoms with van der Waals surface area (Å²) in [6.45, 7) is 2.22. The molecule has 160 valence electrons. The van der Waals surface area contributed by atoms with Gasteiger partial charge in [0.05, 0.1) is 19.6 Å². The Bertz CT molecular complexity index is 1040. The Morgan fingerprint density at radius 1 is 0.935 bits per heavy atom. The van der Waals surface area contributed by atoms with Crippen LogP contribution in [0.15, 0.2) is 54.6 Å². The van der Waals surface area contributed by atoms with Gasteiger partial charge in [0.1, 0.15) is 5.01 Å². The van der Waals surface area contributed by atoms with Gasteiger partial charge in [0.2, 0.25) is 5.01 Å². The molecule has 31 heavy (non-hydrogen) atoms. The van der Waals surface area contributed by atoms with Crippen LogP contribution >= 0.6 is 11.3 Å². The van der Waals surface area contributed by atoms with Crippen LogP contribution in [0.25, 0.3) is 0 Å². The highest BCUT2D eigenvalue weighted by Crippen LogP contribution is 2.14. The van der Waals surface area contributed by atoms with Crippen molar-refractivity contribution in [1.82, 2.24) is 15.5 Å². The van der Waals surface area contributed by atoms with Gasteiger partial charge in [-0.2, -0.15) is 0 Å². The maximum Gasteiger partial charge on any atom is 0.319 e. The average Bonchev–Trinajstić information content (AvgIpc) is 3.24. The number of benzene rings is 2. The Labute approximate surface area is 182 Å². The molecule has 0 spiro atoms. The van der Waals surface area contributed by atoms with E-state index in [0.29, 0.717) is 23.0 Å². The lowest BCUT2D eigenvalue weighted by atomic mass is 10.1. The highest BCUT2D eigenvalue weighted by molar-refractivity contribution is 7.13. The molecule has 3 N–H and O–H groups in total. The highest BCUT2D eigenvalue weighted by atomic mass is 32.1. The summed E-state index contributed by atoms with van der Waals surface area (Å²) < 4.78 is 4.91. The van der Waals surface area contributed by atoms with Gasteiger partial charge in [-0.05, 0) is 36.8 Å². The van der Waals surface area contributed by atoms with Crippen molar-refractivity contribution in [2.75, 3.05) is 17.2 Å². The molecular formula is C21H21N5O4S. The molecule has 3 rings (SSSR count). The third-order valence-electron chi connectivity index (χ3n) is 3.96. The zero-order chi connectivity index (χ0) is 22.1. The normalized spacial score (nSPS) is 10.2. The summed E-state index contributed by atoms with van der Waals surface area (Å²) in [6.07, 6.45) is 0.178. The monoisotopic (exact) mass is 439 g/mol. The number of nitrogens with zero attached hydrogens (tertiary/aromatic N) is 2. The predicted molar refractivity (Wildman–Crippen MR) is 117 cm³/mol. The lowest BCUT2D eigenvalue weighted by Gasteiger charge is -2.07. The van der Waals surface area contributed by atoms with Crippen LogP contribution in [-0.4, -0.2) is 34.7 Å². The Balaban J connectivity index is 1.45. The fourth-order valence-corrected chi connectivity index (χ4v) is 3.21. The van der Waals surface area contributed by atoms with Crippen molar-refractivity contribution in [1.29, 1.82) is 0 Å². The Hall–Kier alpha value is -3.79. The average molecular weight is 439 g/mol. The number of para-hydroxylation sites is 1. The lowest BCUT2D eigenvalue weighted by Crippen LogP contribution is -2.28. The number of nitrogens with one attached hydrogen (secondary N) is 3. The molecule has 1 heterocycles. The Morgan fingerprint density at radius 2 is 1.65 bits per heavy atom. The van der Waals surface area contributed by atoms with Crippen LogP contribution in [0.5, 0.6) is 0 Å². The molecule has 9 nitrogen and oxygen atoms in total. The van der Waals surface area contributed by atoms with Crippen molar-refractivity contribution in [3.05, 3.63) is 70.2 Å². The topological polar surface area (TPSA) is 122 Å². The van der Waals surface area contributed by atoms with Gasteiger partial charge in [0.15, 0.2) is 0 Å². The maximum absolute atomic E-state index is 12.2. The molecule has 0 saturated carbocycles. The Morgan fingerprint density at radius 3 is 2.35 bits per heavy atom. The molecule has 0 unspecified atom stereocenters. The minimum Gasteiger partial charge on any atom is -0.466 e. The van der Waals surface area contributed by atoms with E-state index in [1.807, 2.05) is 18.2 Å². The van der Waals surface area contributed by atoms with Crippen LogP contribution in [0.2, 0.25) is 0 Å². The second-order valence-corrected chi connectivity index (χ2v) is 7.37. The quantitative estimate of drug-likeness (QED) is 0.463. The smallest absolute Gasteiger partial charge is 0.319 e. The summed E-state index contributed by atoms with van der Waals surface area (Å²) in [5.74, 6) is -0.655. The fourth-order valence-electron chi connectivity index (χ4n) is 2.54. The van der Waals surface area contributed by atoms with E-state index >= 15 is 0 Å². The van der Waals surface area contributed by atoms with Gasteiger partial charge in [-0.25, -0.2) is 4.79 Å². The van der Waals surface area contributed by atoms with Crippen LogP contribution in [0.3, 0.4) is 0 Å². The molecule has 0 fully saturated rings. The molecule has 3 aromatic rings. The fraction of sp³-hybridized carbons (Fsp3) is 0.190. The second kappa shape index (κ2) is 10.8. The number of hydrogen-bond acceptors (Lipinski definition) is 7.